The zero-order chi connectivity index (χ0) is 17.6. The van der Waals surface area contributed by atoms with E-state index in [2.05, 4.69) is 23.8 Å². The van der Waals surface area contributed by atoms with Crippen LogP contribution in [0.1, 0.15) is 50.0 Å². The van der Waals surface area contributed by atoms with E-state index in [0.29, 0.717) is 5.69 Å². The Kier molecular flexibility index (Phi) is 5.59. The molecular formula is C21H25N3O. The maximum atomic E-state index is 13.0. The van der Waals surface area contributed by atoms with Crippen LogP contribution in [-0.4, -0.2) is 33.9 Å². The number of pyridine rings is 2. The van der Waals surface area contributed by atoms with Gasteiger partial charge in [-0.25, -0.2) is 4.98 Å². The average molecular weight is 335 g/mol. The van der Waals surface area contributed by atoms with E-state index in [1.165, 1.54) is 0 Å². The minimum absolute atomic E-state index is 0.0248. The van der Waals surface area contributed by atoms with Crippen molar-refractivity contribution in [1.82, 2.24) is 14.9 Å². The molecule has 4 nitrogen and oxygen atoms in total. The molecular weight excluding hydrogens is 310 g/mol. The number of carbonyl (C=O) groups is 1. The van der Waals surface area contributed by atoms with Gasteiger partial charge in [-0.15, -0.1) is 0 Å². The first-order valence-electron chi connectivity index (χ1n) is 9.18. The standard InChI is InChI=1S/C21H25N3O/c1-3-5-14-24(15-6-4-2)21(25)18-12-11-17-10-9-16-8-7-13-22-19(16)20(17)23-18/h7-13H,3-6,14-15H2,1-2H3. The molecule has 0 fully saturated rings. The molecule has 2 aromatic heterocycles. The number of rotatable bonds is 7. The summed E-state index contributed by atoms with van der Waals surface area (Å²) in [6.45, 7) is 5.88. The second kappa shape index (κ2) is 8.06. The van der Waals surface area contributed by atoms with Gasteiger partial charge in [0.1, 0.15) is 5.69 Å². The van der Waals surface area contributed by atoms with Crippen molar-refractivity contribution < 1.29 is 4.79 Å². The highest BCUT2D eigenvalue weighted by Gasteiger charge is 2.17. The molecule has 25 heavy (non-hydrogen) atoms. The largest absolute Gasteiger partial charge is 0.337 e. The molecule has 0 aliphatic rings. The van der Waals surface area contributed by atoms with Crippen LogP contribution in [0.5, 0.6) is 0 Å². The molecule has 0 bridgehead atoms. The van der Waals surface area contributed by atoms with Gasteiger partial charge in [-0.2, -0.15) is 0 Å². The summed E-state index contributed by atoms with van der Waals surface area (Å²) in [5, 5.41) is 2.05. The molecule has 0 atom stereocenters. The summed E-state index contributed by atoms with van der Waals surface area (Å²) < 4.78 is 0. The molecule has 0 radical (unpaired) electrons. The zero-order valence-corrected chi connectivity index (χ0v) is 15.0. The van der Waals surface area contributed by atoms with E-state index in [9.17, 15) is 4.79 Å². The quantitative estimate of drug-likeness (QED) is 0.581. The van der Waals surface area contributed by atoms with Gasteiger partial charge in [0.15, 0.2) is 0 Å². The van der Waals surface area contributed by atoms with E-state index < -0.39 is 0 Å². The minimum atomic E-state index is 0.0248. The highest BCUT2D eigenvalue weighted by molar-refractivity contribution is 6.04. The monoisotopic (exact) mass is 335 g/mol. The van der Waals surface area contributed by atoms with Crippen molar-refractivity contribution in [2.45, 2.75) is 39.5 Å². The normalized spacial score (nSPS) is 11.1. The molecule has 0 saturated heterocycles. The fourth-order valence-corrected chi connectivity index (χ4v) is 3.02. The number of hydrogen-bond acceptors (Lipinski definition) is 3. The van der Waals surface area contributed by atoms with Gasteiger partial charge < -0.3 is 4.90 Å². The molecule has 3 rings (SSSR count). The van der Waals surface area contributed by atoms with E-state index >= 15 is 0 Å². The summed E-state index contributed by atoms with van der Waals surface area (Å²) >= 11 is 0. The first-order chi connectivity index (χ1) is 12.2. The van der Waals surface area contributed by atoms with Gasteiger partial charge in [-0.1, -0.05) is 51.0 Å². The summed E-state index contributed by atoms with van der Waals surface area (Å²) in [6, 6.07) is 11.8. The van der Waals surface area contributed by atoms with Gasteiger partial charge in [-0.3, -0.25) is 9.78 Å². The Morgan fingerprint density at radius 3 is 2.24 bits per heavy atom. The van der Waals surface area contributed by atoms with Crippen molar-refractivity contribution in [1.29, 1.82) is 0 Å². The number of hydrogen-bond donors (Lipinski definition) is 0. The van der Waals surface area contributed by atoms with Gasteiger partial charge in [0, 0.05) is 30.1 Å². The number of aromatic nitrogens is 2. The van der Waals surface area contributed by atoms with Crippen molar-refractivity contribution in [2.75, 3.05) is 13.1 Å². The molecule has 0 saturated carbocycles. The maximum absolute atomic E-state index is 13.0. The van der Waals surface area contributed by atoms with Crippen LogP contribution < -0.4 is 0 Å². The van der Waals surface area contributed by atoms with Gasteiger partial charge in [0.25, 0.3) is 5.91 Å². The molecule has 0 aliphatic heterocycles. The summed E-state index contributed by atoms with van der Waals surface area (Å²) in [6.07, 6.45) is 5.97. The van der Waals surface area contributed by atoms with Crippen LogP contribution in [0.3, 0.4) is 0 Å². The Hall–Kier alpha value is -2.49. The summed E-state index contributed by atoms with van der Waals surface area (Å²) in [4.78, 5) is 24.1. The smallest absolute Gasteiger partial charge is 0.272 e. The fourth-order valence-electron chi connectivity index (χ4n) is 3.02. The van der Waals surface area contributed by atoms with Gasteiger partial charge in [-0.05, 0) is 25.0 Å². The molecule has 1 aromatic carbocycles. The van der Waals surface area contributed by atoms with E-state index in [1.807, 2.05) is 41.3 Å². The van der Waals surface area contributed by atoms with Crippen LogP contribution in [0.2, 0.25) is 0 Å². The number of unbranched alkanes of at least 4 members (excludes halogenated alkanes) is 2. The first-order valence-corrected chi connectivity index (χ1v) is 9.18. The first kappa shape index (κ1) is 17.3. The van der Waals surface area contributed by atoms with Gasteiger partial charge in [0.2, 0.25) is 0 Å². The molecule has 0 spiro atoms. The Bertz CT molecular complexity index is 867. The lowest BCUT2D eigenvalue weighted by Gasteiger charge is -2.22. The highest BCUT2D eigenvalue weighted by atomic mass is 16.2. The van der Waals surface area contributed by atoms with Crippen LogP contribution in [0.15, 0.2) is 42.6 Å². The predicted molar refractivity (Wildman–Crippen MR) is 103 cm³/mol. The molecule has 0 aliphatic carbocycles. The van der Waals surface area contributed by atoms with E-state index in [4.69, 9.17) is 0 Å². The lowest BCUT2D eigenvalue weighted by atomic mass is 10.1. The summed E-state index contributed by atoms with van der Waals surface area (Å²) in [7, 11) is 0. The number of fused-ring (bicyclic) bond motifs is 3. The maximum Gasteiger partial charge on any atom is 0.272 e. The molecule has 2 heterocycles. The van der Waals surface area contributed by atoms with Crippen molar-refractivity contribution >= 4 is 27.7 Å². The van der Waals surface area contributed by atoms with Crippen LogP contribution in [0.25, 0.3) is 21.8 Å². The third-order valence-corrected chi connectivity index (χ3v) is 4.50. The van der Waals surface area contributed by atoms with E-state index in [-0.39, 0.29) is 5.91 Å². The fraction of sp³-hybridized carbons (Fsp3) is 0.381. The Morgan fingerprint density at radius 2 is 1.56 bits per heavy atom. The van der Waals surface area contributed by atoms with E-state index in [0.717, 1.165) is 60.6 Å². The molecule has 3 aromatic rings. The van der Waals surface area contributed by atoms with Gasteiger partial charge >= 0.3 is 0 Å². The van der Waals surface area contributed by atoms with Crippen molar-refractivity contribution in [3.63, 3.8) is 0 Å². The average Bonchev–Trinajstić information content (AvgIpc) is 2.67. The third-order valence-electron chi connectivity index (χ3n) is 4.50. The molecule has 130 valence electrons. The van der Waals surface area contributed by atoms with Crippen molar-refractivity contribution in [3.05, 3.63) is 48.3 Å². The Labute approximate surface area is 148 Å². The number of carbonyl (C=O) groups excluding carboxylic acids is 1. The SMILES string of the molecule is CCCCN(CCCC)C(=O)c1ccc2ccc3cccnc3c2n1. The summed E-state index contributed by atoms with van der Waals surface area (Å²) in [5.74, 6) is 0.0248. The predicted octanol–water partition coefficient (Wildman–Crippen LogP) is 4.83. The number of benzene rings is 1. The van der Waals surface area contributed by atoms with Crippen LogP contribution >= 0.6 is 0 Å². The number of amides is 1. The van der Waals surface area contributed by atoms with Crippen molar-refractivity contribution in [3.8, 4) is 0 Å². The Balaban J connectivity index is 1.98. The van der Waals surface area contributed by atoms with Crippen molar-refractivity contribution in [2.24, 2.45) is 0 Å². The lowest BCUT2D eigenvalue weighted by molar-refractivity contribution is 0.0745. The number of nitrogens with zero attached hydrogens (tertiary/aromatic N) is 3. The highest BCUT2D eigenvalue weighted by Crippen LogP contribution is 2.22. The summed E-state index contributed by atoms with van der Waals surface area (Å²) in [5.41, 5.74) is 2.16. The molecule has 4 heteroatoms. The minimum Gasteiger partial charge on any atom is -0.337 e. The zero-order valence-electron chi connectivity index (χ0n) is 15.0. The van der Waals surface area contributed by atoms with Gasteiger partial charge in [0.05, 0.1) is 11.0 Å². The lowest BCUT2D eigenvalue weighted by Crippen LogP contribution is -2.33. The topological polar surface area (TPSA) is 46.1 Å². The Morgan fingerprint density at radius 1 is 0.920 bits per heavy atom. The van der Waals surface area contributed by atoms with Crippen LogP contribution in [-0.2, 0) is 0 Å². The molecule has 1 amide bonds. The third kappa shape index (κ3) is 3.78. The second-order valence-corrected chi connectivity index (χ2v) is 6.41. The second-order valence-electron chi connectivity index (χ2n) is 6.41. The van der Waals surface area contributed by atoms with Crippen LogP contribution in [0.4, 0.5) is 0 Å². The molecule has 0 N–H and O–H groups in total. The van der Waals surface area contributed by atoms with E-state index in [1.54, 1.807) is 6.20 Å². The van der Waals surface area contributed by atoms with Crippen LogP contribution in [0, 0.1) is 0 Å². The molecule has 0 unspecified atom stereocenters.